The number of piperidine rings is 1. The second-order valence-corrected chi connectivity index (χ2v) is 9.49. The molecule has 0 aliphatic carbocycles. The number of carbonyl (C=O) groups excluding carboxylic acids is 3. The van der Waals surface area contributed by atoms with Crippen LogP contribution in [0.25, 0.3) is 0 Å². The molecular formula is C27H25ClFN3O5. The van der Waals surface area contributed by atoms with E-state index in [1.165, 1.54) is 35.4 Å². The summed E-state index contributed by atoms with van der Waals surface area (Å²) in [6, 6.07) is 14.5. The number of likely N-dealkylation sites (tertiary alicyclic amines) is 1. The summed E-state index contributed by atoms with van der Waals surface area (Å²) < 4.78 is 25.0. The van der Waals surface area contributed by atoms with Crippen molar-refractivity contribution in [3.8, 4) is 0 Å². The number of hydrogen-bond acceptors (Lipinski definition) is 5. The van der Waals surface area contributed by atoms with Gasteiger partial charge in [0.25, 0.3) is 11.8 Å². The van der Waals surface area contributed by atoms with Crippen LogP contribution in [0.3, 0.4) is 0 Å². The highest BCUT2D eigenvalue weighted by molar-refractivity contribution is 6.30. The van der Waals surface area contributed by atoms with Crippen LogP contribution in [0.15, 0.2) is 71.3 Å². The van der Waals surface area contributed by atoms with E-state index in [0.717, 1.165) is 0 Å². The number of hydrogen-bond donors (Lipinski definition) is 1. The second-order valence-electron chi connectivity index (χ2n) is 9.05. The Morgan fingerprint density at radius 3 is 2.43 bits per heavy atom. The first-order chi connectivity index (χ1) is 17.9. The van der Waals surface area contributed by atoms with Gasteiger partial charge in [-0.3, -0.25) is 19.3 Å². The number of halogens is 2. The Morgan fingerprint density at radius 2 is 1.76 bits per heavy atom. The fraction of sp³-hybridized carbons (Fsp3) is 0.296. The lowest BCUT2D eigenvalue weighted by Crippen LogP contribution is -2.59. The summed E-state index contributed by atoms with van der Waals surface area (Å²) >= 11 is 6.05. The molecule has 37 heavy (non-hydrogen) atoms. The Bertz CT molecular complexity index is 1290. The van der Waals surface area contributed by atoms with Crippen molar-refractivity contribution < 1.29 is 27.9 Å². The number of ether oxygens (including phenoxy) is 1. The summed E-state index contributed by atoms with van der Waals surface area (Å²) in [6.07, 6.45) is 2.14. The molecule has 1 aromatic heterocycles. The molecule has 2 saturated heterocycles. The molecule has 3 aromatic rings. The number of nitrogens with zero attached hydrogens (tertiary/aromatic N) is 2. The van der Waals surface area contributed by atoms with Crippen LogP contribution in [0, 0.1) is 5.82 Å². The predicted molar refractivity (Wildman–Crippen MR) is 132 cm³/mol. The van der Waals surface area contributed by atoms with Crippen LogP contribution in [0.5, 0.6) is 0 Å². The molecular weight excluding hydrogens is 501 g/mol. The van der Waals surface area contributed by atoms with Crippen molar-refractivity contribution >= 4 is 29.3 Å². The molecule has 1 unspecified atom stereocenters. The van der Waals surface area contributed by atoms with Crippen LogP contribution in [0.1, 0.15) is 39.3 Å². The number of carbonyl (C=O) groups is 3. The van der Waals surface area contributed by atoms with Gasteiger partial charge in [-0.15, -0.1) is 0 Å². The van der Waals surface area contributed by atoms with E-state index in [2.05, 4.69) is 5.32 Å². The van der Waals surface area contributed by atoms with E-state index >= 15 is 0 Å². The Balaban J connectivity index is 1.36. The summed E-state index contributed by atoms with van der Waals surface area (Å²) in [5, 5.41) is 3.27. The molecule has 2 aliphatic rings. The highest BCUT2D eigenvalue weighted by Crippen LogP contribution is 2.39. The molecule has 2 aliphatic heterocycles. The molecule has 3 amide bonds. The number of benzene rings is 2. The predicted octanol–water partition coefficient (Wildman–Crippen LogP) is 3.86. The molecule has 1 atom stereocenters. The Hall–Kier alpha value is -3.69. The Kier molecular flexibility index (Phi) is 6.99. The zero-order chi connectivity index (χ0) is 26.0. The first kappa shape index (κ1) is 25.0. The van der Waals surface area contributed by atoms with Crippen LogP contribution < -0.4 is 5.32 Å². The Labute approximate surface area is 217 Å². The summed E-state index contributed by atoms with van der Waals surface area (Å²) in [5.41, 5.74) is -0.360. The van der Waals surface area contributed by atoms with E-state index in [0.29, 0.717) is 42.3 Å². The average Bonchev–Trinajstić information content (AvgIpc) is 3.56. The zero-order valence-electron chi connectivity index (χ0n) is 19.9. The minimum Gasteiger partial charge on any atom is -0.467 e. The number of rotatable bonds is 5. The summed E-state index contributed by atoms with van der Waals surface area (Å²) in [6.45, 7) is 0.799. The van der Waals surface area contributed by atoms with Crippen LogP contribution in [-0.4, -0.2) is 59.0 Å². The Morgan fingerprint density at radius 1 is 1.00 bits per heavy atom. The molecule has 0 radical (unpaired) electrons. The molecule has 8 nitrogen and oxygen atoms in total. The summed E-state index contributed by atoms with van der Waals surface area (Å²) in [5.74, 6) is -0.887. The maximum absolute atomic E-state index is 13.7. The summed E-state index contributed by atoms with van der Waals surface area (Å²) in [7, 11) is 0. The lowest BCUT2D eigenvalue weighted by atomic mass is 9.96. The van der Waals surface area contributed by atoms with Gasteiger partial charge in [0.05, 0.1) is 19.4 Å². The van der Waals surface area contributed by atoms with Gasteiger partial charge < -0.3 is 19.4 Å². The lowest BCUT2D eigenvalue weighted by Gasteiger charge is -2.44. The largest absolute Gasteiger partial charge is 0.467 e. The molecule has 1 spiro atoms. The standard InChI is InChI=1S/C27H25ClFN3O5/c28-20-4-1-3-19(15-20)25(34)31-12-10-27(11-13-31)32(26(35)18-6-8-21(29)9-7-18)23(17-37-27)24(33)30-16-22-5-2-14-36-22/h1-9,14-15,23H,10-13,16-17H2,(H,30,33). The third-order valence-corrected chi connectivity index (χ3v) is 7.03. The van der Waals surface area contributed by atoms with Gasteiger partial charge in [-0.2, -0.15) is 0 Å². The minimum atomic E-state index is -1.08. The molecule has 10 heteroatoms. The topological polar surface area (TPSA) is 92.1 Å². The van der Waals surface area contributed by atoms with Gasteiger partial charge in [0, 0.05) is 42.1 Å². The number of amides is 3. The maximum atomic E-state index is 13.7. The molecule has 2 fully saturated rings. The SMILES string of the molecule is O=C(NCc1ccco1)C1COC2(CCN(C(=O)c3cccc(Cl)c3)CC2)N1C(=O)c1ccc(F)cc1. The van der Waals surface area contributed by atoms with Crippen LogP contribution in [-0.2, 0) is 16.1 Å². The van der Waals surface area contributed by atoms with Gasteiger partial charge in [-0.25, -0.2) is 4.39 Å². The fourth-order valence-electron chi connectivity index (χ4n) is 4.87. The third kappa shape index (κ3) is 5.10. The first-order valence-electron chi connectivity index (χ1n) is 11.9. The number of nitrogens with one attached hydrogen (secondary N) is 1. The van der Waals surface area contributed by atoms with E-state index in [1.807, 2.05) is 0 Å². The van der Waals surface area contributed by atoms with E-state index in [-0.39, 0.29) is 30.5 Å². The van der Waals surface area contributed by atoms with Crippen molar-refractivity contribution in [3.05, 3.63) is 94.7 Å². The first-order valence-corrected chi connectivity index (χ1v) is 12.3. The monoisotopic (exact) mass is 525 g/mol. The van der Waals surface area contributed by atoms with Gasteiger partial charge in [0.15, 0.2) is 0 Å². The third-order valence-electron chi connectivity index (χ3n) is 6.79. The van der Waals surface area contributed by atoms with Crippen LogP contribution in [0.4, 0.5) is 4.39 Å². The molecule has 192 valence electrons. The average molecular weight is 526 g/mol. The molecule has 5 rings (SSSR count). The maximum Gasteiger partial charge on any atom is 0.256 e. The van der Waals surface area contributed by atoms with Gasteiger partial charge in [0.2, 0.25) is 5.91 Å². The van der Waals surface area contributed by atoms with Gasteiger partial charge >= 0.3 is 0 Å². The van der Waals surface area contributed by atoms with Crippen molar-refractivity contribution in [1.29, 1.82) is 0 Å². The molecule has 3 heterocycles. The highest BCUT2D eigenvalue weighted by atomic mass is 35.5. The molecule has 2 aromatic carbocycles. The van der Waals surface area contributed by atoms with Crippen LogP contribution in [0.2, 0.25) is 5.02 Å². The zero-order valence-corrected chi connectivity index (χ0v) is 20.6. The molecule has 0 saturated carbocycles. The smallest absolute Gasteiger partial charge is 0.256 e. The molecule has 0 bridgehead atoms. The van der Waals surface area contributed by atoms with Crippen molar-refractivity contribution in [1.82, 2.24) is 15.1 Å². The second kappa shape index (κ2) is 10.4. The van der Waals surface area contributed by atoms with E-state index in [1.54, 1.807) is 41.3 Å². The summed E-state index contributed by atoms with van der Waals surface area (Å²) in [4.78, 5) is 43.1. The lowest BCUT2D eigenvalue weighted by molar-refractivity contribution is -0.128. The highest BCUT2D eigenvalue weighted by Gasteiger charge is 2.54. The minimum absolute atomic E-state index is 0.000831. The van der Waals surface area contributed by atoms with Gasteiger partial charge in [0.1, 0.15) is 23.3 Å². The quantitative estimate of drug-likeness (QED) is 0.546. The van der Waals surface area contributed by atoms with Crippen molar-refractivity contribution in [2.45, 2.75) is 31.2 Å². The van der Waals surface area contributed by atoms with Crippen LogP contribution >= 0.6 is 11.6 Å². The van der Waals surface area contributed by atoms with Gasteiger partial charge in [-0.05, 0) is 54.6 Å². The van der Waals surface area contributed by atoms with E-state index in [4.69, 9.17) is 20.8 Å². The van der Waals surface area contributed by atoms with Crippen molar-refractivity contribution in [3.63, 3.8) is 0 Å². The van der Waals surface area contributed by atoms with Crippen molar-refractivity contribution in [2.24, 2.45) is 0 Å². The number of furan rings is 1. The van der Waals surface area contributed by atoms with Gasteiger partial charge in [-0.1, -0.05) is 17.7 Å². The fourth-order valence-corrected chi connectivity index (χ4v) is 5.06. The van der Waals surface area contributed by atoms with Crippen molar-refractivity contribution in [2.75, 3.05) is 19.7 Å². The normalized spacial score (nSPS) is 18.7. The van der Waals surface area contributed by atoms with E-state index < -0.39 is 23.5 Å². The van der Waals surface area contributed by atoms with E-state index in [9.17, 15) is 18.8 Å². The molecule has 1 N–H and O–H groups in total.